The molecule has 2 N–H and O–H groups in total. The molecule has 21 heavy (non-hydrogen) atoms. The SMILES string of the molecule is CC(Oc1cccc(Cl)c1)C(=O)NNC(=O)c1ccco1. The molecule has 0 bridgehead atoms. The highest BCUT2D eigenvalue weighted by Gasteiger charge is 2.16. The Labute approximate surface area is 126 Å². The molecule has 1 aromatic heterocycles. The van der Waals surface area contributed by atoms with Crippen LogP contribution in [0.25, 0.3) is 0 Å². The van der Waals surface area contributed by atoms with Crippen LogP contribution < -0.4 is 15.6 Å². The number of carbonyl (C=O) groups is 2. The van der Waals surface area contributed by atoms with E-state index in [1.165, 1.54) is 12.3 Å². The molecule has 1 aromatic carbocycles. The fourth-order valence-electron chi connectivity index (χ4n) is 1.49. The molecule has 0 aliphatic carbocycles. The van der Waals surface area contributed by atoms with Gasteiger partial charge in [-0.25, -0.2) is 0 Å². The van der Waals surface area contributed by atoms with Crippen molar-refractivity contribution < 1.29 is 18.7 Å². The average Bonchev–Trinajstić information content (AvgIpc) is 2.98. The van der Waals surface area contributed by atoms with Crippen molar-refractivity contribution >= 4 is 23.4 Å². The Balaban J connectivity index is 1.84. The Morgan fingerprint density at radius 2 is 2.05 bits per heavy atom. The minimum Gasteiger partial charge on any atom is -0.481 e. The van der Waals surface area contributed by atoms with Crippen molar-refractivity contribution in [3.05, 3.63) is 53.4 Å². The number of ether oxygens (including phenoxy) is 1. The van der Waals surface area contributed by atoms with Crippen molar-refractivity contribution in [2.45, 2.75) is 13.0 Å². The summed E-state index contributed by atoms with van der Waals surface area (Å²) in [6.45, 7) is 1.55. The number of hydrogen-bond donors (Lipinski definition) is 2. The van der Waals surface area contributed by atoms with Crippen LogP contribution in [-0.2, 0) is 4.79 Å². The number of furan rings is 1. The molecule has 0 saturated carbocycles. The summed E-state index contributed by atoms with van der Waals surface area (Å²) in [7, 11) is 0. The third-order valence-corrected chi connectivity index (χ3v) is 2.76. The molecule has 1 heterocycles. The highest BCUT2D eigenvalue weighted by Crippen LogP contribution is 2.18. The molecule has 2 aromatic rings. The predicted molar refractivity (Wildman–Crippen MR) is 75.9 cm³/mol. The van der Waals surface area contributed by atoms with Crippen LogP contribution in [0.4, 0.5) is 0 Å². The molecule has 0 aliphatic rings. The quantitative estimate of drug-likeness (QED) is 0.848. The van der Waals surface area contributed by atoms with E-state index in [2.05, 4.69) is 10.9 Å². The number of rotatable bonds is 4. The molecule has 6 nitrogen and oxygen atoms in total. The van der Waals surface area contributed by atoms with E-state index >= 15 is 0 Å². The van der Waals surface area contributed by atoms with Gasteiger partial charge in [0.1, 0.15) is 5.75 Å². The number of halogens is 1. The van der Waals surface area contributed by atoms with E-state index in [1.54, 1.807) is 37.3 Å². The Kier molecular flexibility index (Phi) is 4.84. The molecular weight excluding hydrogens is 296 g/mol. The van der Waals surface area contributed by atoms with E-state index < -0.39 is 17.9 Å². The summed E-state index contributed by atoms with van der Waals surface area (Å²) in [6.07, 6.45) is 0.557. The van der Waals surface area contributed by atoms with Crippen LogP contribution in [0, 0.1) is 0 Å². The fraction of sp³-hybridized carbons (Fsp3) is 0.143. The standard InChI is InChI=1S/C14H13ClN2O4/c1-9(21-11-5-2-4-10(15)8-11)13(18)16-17-14(19)12-6-3-7-20-12/h2-9H,1H3,(H,16,18)(H,17,19). The molecule has 1 unspecified atom stereocenters. The summed E-state index contributed by atoms with van der Waals surface area (Å²) < 4.78 is 10.3. The molecule has 0 spiro atoms. The number of nitrogens with one attached hydrogen (secondary N) is 2. The lowest BCUT2D eigenvalue weighted by atomic mass is 10.3. The van der Waals surface area contributed by atoms with Crippen LogP contribution in [0.3, 0.4) is 0 Å². The zero-order valence-electron chi connectivity index (χ0n) is 11.1. The van der Waals surface area contributed by atoms with Crippen molar-refractivity contribution in [3.8, 4) is 5.75 Å². The van der Waals surface area contributed by atoms with E-state index in [4.69, 9.17) is 20.8 Å². The van der Waals surface area contributed by atoms with Gasteiger partial charge in [-0.15, -0.1) is 0 Å². The maximum absolute atomic E-state index is 11.8. The first-order chi connectivity index (χ1) is 10.1. The topological polar surface area (TPSA) is 80.6 Å². The second-order valence-corrected chi connectivity index (χ2v) is 4.57. The number of benzene rings is 1. The lowest BCUT2D eigenvalue weighted by molar-refractivity contribution is -0.128. The largest absolute Gasteiger partial charge is 0.481 e. The first kappa shape index (κ1) is 14.9. The van der Waals surface area contributed by atoms with Crippen LogP contribution >= 0.6 is 11.6 Å². The van der Waals surface area contributed by atoms with Crippen molar-refractivity contribution in [1.82, 2.24) is 10.9 Å². The highest BCUT2D eigenvalue weighted by atomic mass is 35.5. The van der Waals surface area contributed by atoms with Crippen molar-refractivity contribution in [2.75, 3.05) is 0 Å². The Hall–Kier alpha value is -2.47. The lowest BCUT2D eigenvalue weighted by Crippen LogP contribution is -2.47. The first-order valence-corrected chi connectivity index (χ1v) is 6.50. The number of amides is 2. The molecular formula is C14H13ClN2O4. The van der Waals surface area contributed by atoms with Crippen LogP contribution in [0.1, 0.15) is 17.5 Å². The van der Waals surface area contributed by atoms with Gasteiger partial charge in [0.25, 0.3) is 5.91 Å². The number of hydrogen-bond acceptors (Lipinski definition) is 4. The van der Waals surface area contributed by atoms with Gasteiger partial charge >= 0.3 is 5.91 Å². The van der Waals surface area contributed by atoms with E-state index in [0.717, 1.165) is 0 Å². The Morgan fingerprint density at radius 3 is 2.71 bits per heavy atom. The molecule has 7 heteroatoms. The van der Waals surface area contributed by atoms with Gasteiger partial charge < -0.3 is 9.15 Å². The zero-order chi connectivity index (χ0) is 15.2. The third-order valence-electron chi connectivity index (χ3n) is 2.52. The number of carbonyl (C=O) groups excluding carboxylic acids is 2. The lowest BCUT2D eigenvalue weighted by Gasteiger charge is -2.14. The highest BCUT2D eigenvalue weighted by molar-refractivity contribution is 6.30. The van der Waals surface area contributed by atoms with E-state index in [0.29, 0.717) is 10.8 Å². The fourth-order valence-corrected chi connectivity index (χ4v) is 1.67. The van der Waals surface area contributed by atoms with Gasteiger partial charge in [-0.2, -0.15) is 0 Å². The minimum atomic E-state index is -0.805. The summed E-state index contributed by atoms with van der Waals surface area (Å²) in [5.41, 5.74) is 4.47. The molecule has 110 valence electrons. The van der Waals surface area contributed by atoms with E-state index in [-0.39, 0.29) is 5.76 Å². The average molecular weight is 309 g/mol. The summed E-state index contributed by atoms with van der Waals surface area (Å²) in [6, 6.07) is 9.72. The van der Waals surface area contributed by atoms with Crippen LogP contribution in [0.5, 0.6) is 5.75 Å². The first-order valence-electron chi connectivity index (χ1n) is 6.12. The van der Waals surface area contributed by atoms with E-state index in [1.807, 2.05) is 0 Å². The third kappa shape index (κ3) is 4.25. The van der Waals surface area contributed by atoms with Gasteiger partial charge in [0, 0.05) is 5.02 Å². The van der Waals surface area contributed by atoms with Gasteiger partial charge in [0.05, 0.1) is 6.26 Å². The van der Waals surface area contributed by atoms with E-state index in [9.17, 15) is 9.59 Å². The second-order valence-electron chi connectivity index (χ2n) is 4.14. The second kappa shape index (κ2) is 6.81. The molecule has 1 atom stereocenters. The molecule has 0 fully saturated rings. The van der Waals surface area contributed by atoms with Crippen LogP contribution in [-0.4, -0.2) is 17.9 Å². The van der Waals surface area contributed by atoms with Crippen molar-refractivity contribution in [3.63, 3.8) is 0 Å². The Bertz CT molecular complexity index is 628. The zero-order valence-corrected chi connectivity index (χ0v) is 11.9. The number of hydrazine groups is 1. The summed E-state index contributed by atoms with van der Waals surface area (Å²) in [5, 5.41) is 0.506. The molecule has 2 rings (SSSR count). The van der Waals surface area contributed by atoms with Crippen molar-refractivity contribution in [1.29, 1.82) is 0 Å². The predicted octanol–water partition coefficient (Wildman–Crippen LogP) is 2.16. The Morgan fingerprint density at radius 1 is 1.24 bits per heavy atom. The van der Waals surface area contributed by atoms with Crippen LogP contribution in [0.15, 0.2) is 47.1 Å². The summed E-state index contributed by atoms with van der Waals surface area (Å²) >= 11 is 5.82. The van der Waals surface area contributed by atoms with Gasteiger partial charge in [-0.1, -0.05) is 17.7 Å². The monoisotopic (exact) mass is 308 g/mol. The summed E-state index contributed by atoms with van der Waals surface area (Å²) in [5.74, 6) is -0.501. The van der Waals surface area contributed by atoms with Gasteiger partial charge in [0.15, 0.2) is 11.9 Å². The maximum atomic E-state index is 11.8. The van der Waals surface area contributed by atoms with Gasteiger partial charge in [-0.05, 0) is 37.3 Å². The summed E-state index contributed by atoms with van der Waals surface area (Å²) in [4.78, 5) is 23.3. The molecule has 0 saturated heterocycles. The molecule has 2 amide bonds. The van der Waals surface area contributed by atoms with Crippen molar-refractivity contribution in [2.24, 2.45) is 0 Å². The van der Waals surface area contributed by atoms with Gasteiger partial charge in [-0.3, -0.25) is 20.4 Å². The minimum absolute atomic E-state index is 0.0960. The molecule has 0 radical (unpaired) electrons. The smallest absolute Gasteiger partial charge is 0.305 e. The van der Waals surface area contributed by atoms with Gasteiger partial charge in [0.2, 0.25) is 0 Å². The molecule has 0 aliphatic heterocycles. The maximum Gasteiger partial charge on any atom is 0.305 e. The van der Waals surface area contributed by atoms with Crippen LogP contribution in [0.2, 0.25) is 5.02 Å². The normalized spacial score (nSPS) is 11.5.